The number of rotatable bonds is 7. The third-order valence-electron chi connectivity index (χ3n) is 5.53. The largest absolute Gasteiger partial charge is 0.497 e. The summed E-state index contributed by atoms with van der Waals surface area (Å²) in [6.07, 6.45) is 1.93. The number of aromatic nitrogens is 2. The number of aliphatic hydroxyl groups is 1. The molecular weight excluding hydrogens is 383 g/mol. The Balaban J connectivity index is 1.63. The van der Waals surface area contributed by atoms with Crippen molar-refractivity contribution in [1.82, 2.24) is 19.6 Å². The highest BCUT2D eigenvalue weighted by Gasteiger charge is 2.20. The molecule has 1 N–H and O–H groups in total. The molecule has 4 rings (SSSR count). The molecule has 0 saturated carbocycles. The fraction of sp³-hybridized carbons (Fsp3) is 0.348. The molecule has 1 aliphatic rings. The number of benzene rings is 2. The molecule has 2 heterocycles. The van der Waals surface area contributed by atoms with Crippen molar-refractivity contribution in [2.75, 3.05) is 46.4 Å². The number of hydrogen-bond donors (Lipinski definition) is 1. The van der Waals surface area contributed by atoms with E-state index in [2.05, 4.69) is 9.80 Å². The fourth-order valence-electron chi connectivity index (χ4n) is 3.83. The second-order valence-electron chi connectivity index (χ2n) is 7.47. The Bertz CT molecular complexity index is 966. The average molecular weight is 410 g/mol. The zero-order chi connectivity index (χ0) is 20.9. The van der Waals surface area contributed by atoms with Gasteiger partial charge >= 0.3 is 0 Å². The fourth-order valence-corrected chi connectivity index (χ4v) is 3.83. The molecule has 0 aliphatic carbocycles. The van der Waals surface area contributed by atoms with Crippen LogP contribution >= 0.6 is 0 Å². The smallest absolute Gasteiger partial charge is 0.148 e. The number of piperazine rings is 1. The Morgan fingerprint density at radius 3 is 2.37 bits per heavy atom. The summed E-state index contributed by atoms with van der Waals surface area (Å²) in [5.41, 5.74) is 3.31. The van der Waals surface area contributed by atoms with Crippen LogP contribution in [0.5, 0.6) is 5.75 Å². The van der Waals surface area contributed by atoms with Gasteiger partial charge in [-0.1, -0.05) is 12.1 Å². The van der Waals surface area contributed by atoms with Crippen LogP contribution in [0.1, 0.15) is 5.56 Å². The van der Waals surface area contributed by atoms with Crippen molar-refractivity contribution < 1.29 is 14.2 Å². The molecule has 6 nitrogen and oxygen atoms in total. The molecule has 1 aromatic heterocycles. The standard InChI is InChI=1S/C23H27FN4O2/c1-30-20-8-6-18(7-9-20)23-19(16-27-12-10-26(11-13-27)14-15-29)17-28(25-23)22-5-3-2-4-21(22)24/h2-9,17,29H,10-16H2,1H3. The van der Waals surface area contributed by atoms with E-state index in [1.807, 2.05) is 36.5 Å². The molecular formula is C23H27FN4O2. The summed E-state index contributed by atoms with van der Waals surface area (Å²) in [5.74, 6) is 0.485. The quantitative estimate of drug-likeness (QED) is 0.649. The van der Waals surface area contributed by atoms with Gasteiger partial charge in [-0.25, -0.2) is 9.07 Å². The lowest BCUT2D eigenvalue weighted by Gasteiger charge is -2.34. The molecule has 0 spiro atoms. The third kappa shape index (κ3) is 4.53. The molecule has 3 aromatic rings. The first-order chi connectivity index (χ1) is 14.7. The van der Waals surface area contributed by atoms with Crippen LogP contribution in [0.3, 0.4) is 0 Å². The number of aliphatic hydroxyl groups excluding tert-OH is 1. The van der Waals surface area contributed by atoms with E-state index < -0.39 is 0 Å². The first kappa shape index (κ1) is 20.5. The third-order valence-corrected chi connectivity index (χ3v) is 5.53. The maximum atomic E-state index is 14.4. The van der Waals surface area contributed by atoms with Crippen molar-refractivity contribution in [3.05, 3.63) is 66.1 Å². The van der Waals surface area contributed by atoms with Crippen molar-refractivity contribution in [3.8, 4) is 22.7 Å². The van der Waals surface area contributed by atoms with Crippen LogP contribution in [-0.2, 0) is 6.54 Å². The number of β-amino-alcohol motifs (C(OH)–C–C–N with tert-alkyl or cyclic N) is 1. The van der Waals surface area contributed by atoms with Crippen molar-refractivity contribution in [2.45, 2.75) is 6.54 Å². The van der Waals surface area contributed by atoms with Crippen LogP contribution in [0, 0.1) is 5.82 Å². The van der Waals surface area contributed by atoms with Gasteiger partial charge in [0, 0.05) is 56.6 Å². The normalized spacial score (nSPS) is 15.4. The van der Waals surface area contributed by atoms with Crippen LogP contribution in [0.25, 0.3) is 16.9 Å². The Hall–Kier alpha value is -2.74. The number of methoxy groups -OCH3 is 1. The highest BCUT2D eigenvalue weighted by Crippen LogP contribution is 2.27. The SMILES string of the molecule is COc1ccc(-c2nn(-c3ccccc3F)cc2CN2CCN(CCO)CC2)cc1. The number of para-hydroxylation sites is 1. The van der Waals surface area contributed by atoms with Gasteiger partial charge in [0.1, 0.15) is 17.3 Å². The van der Waals surface area contributed by atoms with E-state index in [1.54, 1.807) is 23.9 Å². The van der Waals surface area contributed by atoms with E-state index in [1.165, 1.54) is 6.07 Å². The molecule has 158 valence electrons. The Morgan fingerprint density at radius 2 is 1.70 bits per heavy atom. The Morgan fingerprint density at radius 1 is 1.00 bits per heavy atom. The average Bonchev–Trinajstić information content (AvgIpc) is 3.19. The lowest BCUT2D eigenvalue weighted by Crippen LogP contribution is -2.46. The van der Waals surface area contributed by atoms with Crippen LogP contribution in [0.4, 0.5) is 4.39 Å². The van der Waals surface area contributed by atoms with E-state index in [9.17, 15) is 4.39 Å². The monoisotopic (exact) mass is 410 g/mol. The topological polar surface area (TPSA) is 53.8 Å². The predicted molar refractivity (Wildman–Crippen MR) is 114 cm³/mol. The summed E-state index contributed by atoms with van der Waals surface area (Å²) in [7, 11) is 1.64. The Kier molecular flexibility index (Phi) is 6.42. The molecule has 7 heteroatoms. The highest BCUT2D eigenvalue weighted by molar-refractivity contribution is 5.64. The first-order valence-corrected chi connectivity index (χ1v) is 10.2. The summed E-state index contributed by atoms with van der Waals surface area (Å²) in [5, 5.41) is 13.9. The second-order valence-corrected chi connectivity index (χ2v) is 7.47. The van der Waals surface area contributed by atoms with Gasteiger partial charge in [-0.2, -0.15) is 5.10 Å². The molecule has 1 saturated heterocycles. The molecule has 1 fully saturated rings. The lowest BCUT2D eigenvalue weighted by molar-refractivity contribution is 0.108. The molecule has 0 bridgehead atoms. The minimum Gasteiger partial charge on any atom is -0.497 e. The number of nitrogens with zero attached hydrogens (tertiary/aromatic N) is 4. The van der Waals surface area contributed by atoms with Gasteiger partial charge in [0.25, 0.3) is 0 Å². The van der Waals surface area contributed by atoms with E-state index in [0.29, 0.717) is 5.69 Å². The van der Waals surface area contributed by atoms with Crippen molar-refractivity contribution in [3.63, 3.8) is 0 Å². The number of ether oxygens (including phenoxy) is 1. The lowest BCUT2D eigenvalue weighted by atomic mass is 10.1. The minimum absolute atomic E-state index is 0.191. The summed E-state index contributed by atoms with van der Waals surface area (Å²) in [4.78, 5) is 4.65. The molecule has 2 aromatic carbocycles. The van der Waals surface area contributed by atoms with E-state index in [0.717, 1.165) is 61.8 Å². The van der Waals surface area contributed by atoms with Crippen LogP contribution < -0.4 is 4.74 Å². The van der Waals surface area contributed by atoms with Crippen molar-refractivity contribution in [2.24, 2.45) is 0 Å². The molecule has 0 amide bonds. The summed E-state index contributed by atoms with van der Waals surface area (Å²) < 4.78 is 21.3. The zero-order valence-corrected chi connectivity index (χ0v) is 17.2. The molecule has 0 unspecified atom stereocenters. The highest BCUT2D eigenvalue weighted by atomic mass is 19.1. The predicted octanol–water partition coefficient (Wildman–Crippen LogP) is 2.80. The zero-order valence-electron chi connectivity index (χ0n) is 17.2. The maximum absolute atomic E-state index is 14.4. The van der Waals surface area contributed by atoms with Gasteiger partial charge in [-0.05, 0) is 36.4 Å². The molecule has 0 radical (unpaired) electrons. The van der Waals surface area contributed by atoms with E-state index in [4.69, 9.17) is 14.9 Å². The first-order valence-electron chi connectivity index (χ1n) is 10.2. The Labute approximate surface area is 176 Å². The van der Waals surface area contributed by atoms with Crippen molar-refractivity contribution >= 4 is 0 Å². The molecule has 30 heavy (non-hydrogen) atoms. The van der Waals surface area contributed by atoms with Gasteiger partial charge in [0.05, 0.1) is 19.4 Å². The van der Waals surface area contributed by atoms with Gasteiger partial charge in [0.15, 0.2) is 0 Å². The summed E-state index contributed by atoms with van der Waals surface area (Å²) in [6.45, 7) is 5.36. The molecule has 0 atom stereocenters. The maximum Gasteiger partial charge on any atom is 0.148 e. The van der Waals surface area contributed by atoms with Gasteiger partial charge in [0.2, 0.25) is 0 Å². The van der Waals surface area contributed by atoms with Crippen molar-refractivity contribution in [1.29, 1.82) is 0 Å². The van der Waals surface area contributed by atoms with Gasteiger partial charge in [-0.3, -0.25) is 9.80 Å². The summed E-state index contributed by atoms with van der Waals surface area (Å²) in [6, 6.07) is 14.5. The van der Waals surface area contributed by atoms with Crippen LogP contribution in [0.15, 0.2) is 54.7 Å². The second kappa shape index (κ2) is 9.38. The van der Waals surface area contributed by atoms with Crippen LogP contribution in [0.2, 0.25) is 0 Å². The van der Waals surface area contributed by atoms with Gasteiger partial charge in [-0.15, -0.1) is 0 Å². The molecule has 1 aliphatic heterocycles. The summed E-state index contributed by atoms with van der Waals surface area (Å²) >= 11 is 0. The number of halogens is 1. The van der Waals surface area contributed by atoms with Gasteiger partial charge < -0.3 is 9.84 Å². The van der Waals surface area contributed by atoms with E-state index in [-0.39, 0.29) is 12.4 Å². The number of hydrogen-bond acceptors (Lipinski definition) is 5. The van der Waals surface area contributed by atoms with Crippen LogP contribution in [-0.4, -0.2) is 71.1 Å². The minimum atomic E-state index is -0.301. The van der Waals surface area contributed by atoms with E-state index >= 15 is 0 Å².